The largest absolute Gasteiger partial charge is 0.314 e. The summed E-state index contributed by atoms with van der Waals surface area (Å²) >= 11 is 3.34. The molecule has 1 N–H and O–H groups in total. The molecule has 0 amide bonds. The number of rotatable bonds is 3. The van der Waals surface area contributed by atoms with Crippen LogP contribution in [0, 0.1) is 11.7 Å². The van der Waals surface area contributed by atoms with Gasteiger partial charge in [0, 0.05) is 32.2 Å². The molecule has 0 spiro atoms. The molecule has 1 aliphatic carbocycles. The summed E-state index contributed by atoms with van der Waals surface area (Å²) in [5, 5.41) is 3.42. The Bertz CT molecular complexity index is 460. The molecule has 118 valence electrons. The van der Waals surface area contributed by atoms with Crippen LogP contribution in [0.4, 0.5) is 4.39 Å². The van der Waals surface area contributed by atoms with Gasteiger partial charge in [-0.2, -0.15) is 0 Å². The van der Waals surface area contributed by atoms with Crippen LogP contribution >= 0.6 is 28.3 Å². The fourth-order valence-corrected chi connectivity index (χ4v) is 4.11. The topological polar surface area (TPSA) is 15.3 Å². The van der Waals surface area contributed by atoms with Gasteiger partial charge in [0.25, 0.3) is 0 Å². The van der Waals surface area contributed by atoms with Crippen LogP contribution in [0.15, 0.2) is 22.7 Å². The molecule has 1 heterocycles. The first-order valence-electron chi connectivity index (χ1n) is 7.65. The van der Waals surface area contributed by atoms with E-state index in [4.69, 9.17) is 0 Å². The predicted octanol–water partition coefficient (Wildman–Crippen LogP) is 4.15. The second kappa shape index (κ2) is 7.91. The maximum absolute atomic E-state index is 13.5. The van der Waals surface area contributed by atoms with Crippen molar-refractivity contribution in [2.45, 2.75) is 31.7 Å². The molecule has 3 rings (SSSR count). The summed E-state index contributed by atoms with van der Waals surface area (Å²) in [7, 11) is 0. The molecule has 1 atom stereocenters. The summed E-state index contributed by atoms with van der Waals surface area (Å²) in [4.78, 5) is 2.59. The van der Waals surface area contributed by atoms with Crippen molar-refractivity contribution in [3.63, 3.8) is 0 Å². The molecule has 1 aromatic rings. The van der Waals surface area contributed by atoms with E-state index in [0.717, 1.165) is 32.1 Å². The molecule has 2 fully saturated rings. The number of halogens is 3. The number of hydrogen-bond acceptors (Lipinski definition) is 2. The fourth-order valence-electron chi connectivity index (χ4n) is 3.71. The average Bonchev–Trinajstić information content (AvgIpc) is 2.98. The van der Waals surface area contributed by atoms with E-state index in [2.05, 4.69) is 26.1 Å². The lowest BCUT2D eigenvalue weighted by molar-refractivity contribution is 0.125. The smallest absolute Gasteiger partial charge is 0.137 e. The van der Waals surface area contributed by atoms with Gasteiger partial charge in [-0.25, -0.2) is 4.39 Å². The molecule has 0 bridgehead atoms. The van der Waals surface area contributed by atoms with Gasteiger partial charge in [-0.1, -0.05) is 18.9 Å². The highest BCUT2D eigenvalue weighted by Gasteiger charge is 2.32. The zero-order chi connectivity index (χ0) is 13.9. The third kappa shape index (κ3) is 3.98. The quantitative estimate of drug-likeness (QED) is 0.851. The Labute approximate surface area is 141 Å². The number of piperazine rings is 1. The predicted molar refractivity (Wildman–Crippen MR) is 90.5 cm³/mol. The highest BCUT2D eigenvalue weighted by Crippen LogP contribution is 2.40. The van der Waals surface area contributed by atoms with Crippen LogP contribution in [0.3, 0.4) is 0 Å². The van der Waals surface area contributed by atoms with Crippen molar-refractivity contribution in [3.05, 3.63) is 34.1 Å². The van der Waals surface area contributed by atoms with Crippen LogP contribution in [0.25, 0.3) is 0 Å². The normalized spacial score (nSPS) is 22.0. The minimum atomic E-state index is -0.167. The molecular weight excluding hydrogens is 355 g/mol. The molecule has 0 unspecified atom stereocenters. The zero-order valence-corrected chi connectivity index (χ0v) is 14.6. The van der Waals surface area contributed by atoms with E-state index in [0.29, 0.717) is 10.5 Å². The van der Waals surface area contributed by atoms with Gasteiger partial charge in [0.05, 0.1) is 4.47 Å². The Balaban J connectivity index is 0.00000161. The number of benzene rings is 1. The first-order chi connectivity index (χ1) is 9.75. The SMILES string of the molecule is Cl.Fc1ccc([C@@H](C2CCCC2)N2CCNCC2)cc1Br. The molecule has 5 heteroatoms. The molecule has 21 heavy (non-hydrogen) atoms. The highest BCUT2D eigenvalue weighted by atomic mass is 79.9. The van der Waals surface area contributed by atoms with Crippen LogP contribution in [-0.4, -0.2) is 31.1 Å². The molecule has 2 nitrogen and oxygen atoms in total. The lowest BCUT2D eigenvalue weighted by Gasteiger charge is -2.38. The molecule has 0 radical (unpaired) electrons. The van der Waals surface area contributed by atoms with E-state index < -0.39 is 0 Å². The minimum Gasteiger partial charge on any atom is -0.314 e. The summed E-state index contributed by atoms with van der Waals surface area (Å²) in [6.45, 7) is 4.31. The van der Waals surface area contributed by atoms with Crippen LogP contribution in [-0.2, 0) is 0 Å². The second-order valence-electron chi connectivity index (χ2n) is 5.95. The maximum Gasteiger partial charge on any atom is 0.137 e. The van der Waals surface area contributed by atoms with Gasteiger partial charge in [0.15, 0.2) is 0 Å². The van der Waals surface area contributed by atoms with Crippen LogP contribution in [0.5, 0.6) is 0 Å². The number of hydrogen-bond donors (Lipinski definition) is 1. The van der Waals surface area contributed by atoms with Gasteiger partial charge in [-0.15, -0.1) is 12.4 Å². The maximum atomic E-state index is 13.5. The van der Waals surface area contributed by atoms with Crippen molar-refractivity contribution in [3.8, 4) is 0 Å². The Hall–Kier alpha value is -0.160. The Morgan fingerprint density at radius 2 is 1.86 bits per heavy atom. The summed E-state index contributed by atoms with van der Waals surface area (Å²) < 4.78 is 14.1. The number of nitrogens with one attached hydrogen (secondary N) is 1. The van der Waals surface area contributed by atoms with E-state index in [1.807, 2.05) is 12.1 Å². The molecule has 0 aromatic heterocycles. The fraction of sp³-hybridized carbons (Fsp3) is 0.625. The van der Waals surface area contributed by atoms with Crippen molar-refractivity contribution < 1.29 is 4.39 Å². The molecule has 2 aliphatic rings. The summed E-state index contributed by atoms with van der Waals surface area (Å²) in [6.07, 6.45) is 5.30. The standard InChI is InChI=1S/C16H22BrFN2.ClH/c17-14-11-13(5-6-15(14)18)16(12-3-1-2-4-12)20-9-7-19-8-10-20;/h5-6,11-12,16,19H,1-4,7-10H2;1H/t16-;/m1./s1. The lowest BCUT2D eigenvalue weighted by Crippen LogP contribution is -2.46. The van der Waals surface area contributed by atoms with E-state index in [9.17, 15) is 4.39 Å². The molecule has 1 aliphatic heterocycles. The van der Waals surface area contributed by atoms with Gasteiger partial charge in [-0.3, -0.25) is 4.90 Å². The third-order valence-corrected chi connectivity index (χ3v) is 5.28. The van der Waals surface area contributed by atoms with Crippen LogP contribution < -0.4 is 5.32 Å². The van der Waals surface area contributed by atoms with Crippen LogP contribution in [0.2, 0.25) is 0 Å². The monoisotopic (exact) mass is 376 g/mol. The van der Waals surface area contributed by atoms with E-state index >= 15 is 0 Å². The van der Waals surface area contributed by atoms with Crippen molar-refractivity contribution in [1.29, 1.82) is 0 Å². The summed E-state index contributed by atoms with van der Waals surface area (Å²) in [6, 6.07) is 6.02. The van der Waals surface area contributed by atoms with Gasteiger partial charge in [0.1, 0.15) is 5.82 Å². The lowest BCUT2D eigenvalue weighted by atomic mass is 9.90. The highest BCUT2D eigenvalue weighted by molar-refractivity contribution is 9.10. The number of nitrogens with zero attached hydrogens (tertiary/aromatic N) is 1. The molecular formula is C16H23BrClFN2. The molecule has 1 saturated heterocycles. The van der Waals surface area contributed by atoms with Crippen molar-refractivity contribution >= 4 is 28.3 Å². The van der Waals surface area contributed by atoms with Gasteiger partial charge in [-0.05, 0) is 52.4 Å². The van der Waals surface area contributed by atoms with E-state index in [1.54, 1.807) is 6.07 Å². The Morgan fingerprint density at radius 3 is 2.48 bits per heavy atom. The summed E-state index contributed by atoms with van der Waals surface area (Å²) in [5.41, 5.74) is 1.27. The van der Waals surface area contributed by atoms with Crippen molar-refractivity contribution in [2.24, 2.45) is 5.92 Å². The minimum absolute atomic E-state index is 0. The van der Waals surface area contributed by atoms with Crippen molar-refractivity contribution in [1.82, 2.24) is 10.2 Å². The summed E-state index contributed by atoms with van der Waals surface area (Å²) in [5.74, 6) is 0.560. The molecule has 1 saturated carbocycles. The van der Waals surface area contributed by atoms with Crippen molar-refractivity contribution in [2.75, 3.05) is 26.2 Å². The third-order valence-electron chi connectivity index (χ3n) is 4.68. The first-order valence-corrected chi connectivity index (χ1v) is 8.45. The first kappa shape index (κ1) is 17.2. The molecule has 1 aromatic carbocycles. The van der Waals surface area contributed by atoms with Gasteiger partial charge in [0.2, 0.25) is 0 Å². The Morgan fingerprint density at radius 1 is 1.19 bits per heavy atom. The van der Waals surface area contributed by atoms with Gasteiger partial charge < -0.3 is 5.32 Å². The van der Waals surface area contributed by atoms with E-state index in [1.165, 1.54) is 31.2 Å². The van der Waals surface area contributed by atoms with E-state index in [-0.39, 0.29) is 18.2 Å². The Kier molecular flexibility index (Phi) is 6.48. The average molecular weight is 378 g/mol. The van der Waals surface area contributed by atoms with Gasteiger partial charge >= 0.3 is 0 Å². The zero-order valence-electron chi connectivity index (χ0n) is 12.2. The van der Waals surface area contributed by atoms with Crippen LogP contribution in [0.1, 0.15) is 37.3 Å². The second-order valence-corrected chi connectivity index (χ2v) is 6.80.